The van der Waals surface area contributed by atoms with Gasteiger partial charge in [0.2, 0.25) is 0 Å². The van der Waals surface area contributed by atoms with Crippen molar-refractivity contribution >= 4 is 22.4 Å². The highest BCUT2D eigenvalue weighted by atomic mass is 19.1. The molecule has 0 saturated heterocycles. The fraction of sp³-hybridized carbons (Fsp3) is 0.258. The molecule has 9 heteroatoms. The topological polar surface area (TPSA) is 95.0 Å². The van der Waals surface area contributed by atoms with Gasteiger partial charge in [0, 0.05) is 71.9 Å². The Balaban J connectivity index is 1.57. The second-order valence-electron chi connectivity index (χ2n) is 9.96. The van der Waals surface area contributed by atoms with Crippen molar-refractivity contribution in [2.75, 3.05) is 39.0 Å². The molecule has 5 aromatic rings. The van der Waals surface area contributed by atoms with Crippen LogP contribution in [0.15, 0.2) is 72.4 Å². The van der Waals surface area contributed by atoms with Gasteiger partial charge in [0.25, 0.3) is 0 Å². The summed E-state index contributed by atoms with van der Waals surface area (Å²) in [6, 6.07) is 13.0. The zero-order valence-corrected chi connectivity index (χ0v) is 23.2. The van der Waals surface area contributed by atoms with Crippen LogP contribution >= 0.6 is 0 Å². The Kier molecular flexibility index (Phi) is 8.21. The number of aryl methyl sites for hydroxylation is 1. The molecule has 0 fully saturated rings. The second kappa shape index (κ2) is 12.1. The lowest BCUT2D eigenvalue weighted by Gasteiger charge is -2.13. The molecule has 8 nitrogen and oxygen atoms in total. The molecule has 0 atom stereocenters. The highest BCUT2D eigenvalue weighted by molar-refractivity contribution is 6.13. The van der Waals surface area contributed by atoms with Gasteiger partial charge in [0.05, 0.1) is 11.0 Å². The number of hydrogen-bond donors (Lipinski definition) is 2. The molecule has 3 heterocycles. The van der Waals surface area contributed by atoms with Crippen molar-refractivity contribution in [3.8, 4) is 22.3 Å². The zero-order chi connectivity index (χ0) is 28.1. The number of benzene rings is 2. The van der Waals surface area contributed by atoms with Crippen LogP contribution in [0.25, 0.3) is 33.3 Å². The highest BCUT2D eigenvalue weighted by Gasteiger charge is 2.18. The number of likely N-dealkylation sites (N-methyl/N-ethyl adjacent to an activating group) is 1. The smallest absolute Gasteiger partial charge is 0.157 e. The highest BCUT2D eigenvalue weighted by Crippen LogP contribution is 2.31. The minimum absolute atomic E-state index is 0.300. The monoisotopic (exact) mass is 536 g/mol. The number of nitrogens with zero attached hydrogens (tertiary/aromatic N) is 6. The van der Waals surface area contributed by atoms with Crippen molar-refractivity contribution in [1.29, 1.82) is 0 Å². The van der Waals surface area contributed by atoms with Gasteiger partial charge in [-0.3, -0.25) is 9.98 Å². The van der Waals surface area contributed by atoms with E-state index in [1.807, 2.05) is 51.5 Å². The summed E-state index contributed by atoms with van der Waals surface area (Å²) in [5.74, 6) is 0.342. The summed E-state index contributed by atoms with van der Waals surface area (Å²) >= 11 is 0. The predicted octanol–water partition coefficient (Wildman–Crippen LogP) is 5.75. The van der Waals surface area contributed by atoms with Gasteiger partial charge in [-0.2, -0.15) is 0 Å². The van der Waals surface area contributed by atoms with Gasteiger partial charge in [-0.25, -0.2) is 19.3 Å². The van der Waals surface area contributed by atoms with Crippen LogP contribution in [-0.4, -0.2) is 69.3 Å². The van der Waals surface area contributed by atoms with Gasteiger partial charge >= 0.3 is 0 Å². The Bertz CT molecular complexity index is 1640. The van der Waals surface area contributed by atoms with E-state index >= 15 is 0 Å². The quantitative estimate of drug-likeness (QED) is 0.221. The number of pyridine rings is 1. The van der Waals surface area contributed by atoms with Crippen LogP contribution in [0.5, 0.6) is 0 Å². The molecule has 0 spiro atoms. The maximum Gasteiger partial charge on any atom is 0.157 e. The number of halogens is 1. The normalized spacial score (nSPS) is 11.9. The average Bonchev–Trinajstić information content (AvgIpc) is 3.38. The summed E-state index contributed by atoms with van der Waals surface area (Å²) in [5.41, 5.74) is 8.17. The summed E-state index contributed by atoms with van der Waals surface area (Å²) < 4.78 is 14.7. The van der Waals surface area contributed by atoms with E-state index in [9.17, 15) is 4.39 Å². The Hall–Kier alpha value is -4.50. The van der Waals surface area contributed by atoms with Crippen molar-refractivity contribution in [2.24, 2.45) is 4.99 Å². The molecule has 204 valence electrons. The minimum atomic E-state index is -0.300. The standard InChI is InChI=1S/C31H33FN8/c1-5-9-36-30(27-14-22(18-37-20(27)2)23-16-33-19-34-17-23)31-38-28-8-6-7-26(29(28)39-31)21-12-24(32)15-25(13-21)35-10-11-40(3)4/h6-8,12-19,35H,5,9-11H2,1-4H3,(H,38,39). The summed E-state index contributed by atoms with van der Waals surface area (Å²) in [7, 11) is 4.02. The molecule has 0 saturated carbocycles. The van der Waals surface area contributed by atoms with Crippen molar-refractivity contribution in [3.63, 3.8) is 0 Å². The maximum absolute atomic E-state index is 14.7. The first-order valence-electron chi connectivity index (χ1n) is 13.4. The molecule has 0 aliphatic heterocycles. The van der Waals surface area contributed by atoms with Crippen LogP contribution in [0.4, 0.5) is 10.1 Å². The Morgan fingerprint density at radius 2 is 1.85 bits per heavy atom. The van der Waals surface area contributed by atoms with E-state index in [1.54, 1.807) is 18.5 Å². The molecule has 0 amide bonds. The Morgan fingerprint density at radius 1 is 1.02 bits per heavy atom. The number of rotatable bonds is 10. The molecular weight excluding hydrogens is 503 g/mol. The molecule has 0 aliphatic rings. The van der Waals surface area contributed by atoms with Crippen LogP contribution in [0.3, 0.4) is 0 Å². The largest absolute Gasteiger partial charge is 0.384 e. The number of imidazole rings is 1. The zero-order valence-electron chi connectivity index (χ0n) is 23.2. The third-order valence-corrected chi connectivity index (χ3v) is 6.56. The van der Waals surface area contributed by atoms with Crippen LogP contribution in [0.1, 0.15) is 30.4 Å². The van der Waals surface area contributed by atoms with Gasteiger partial charge in [0.15, 0.2) is 5.82 Å². The first kappa shape index (κ1) is 27.1. The summed E-state index contributed by atoms with van der Waals surface area (Å²) in [6.07, 6.45) is 7.75. The lowest BCUT2D eigenvalue weighted by Crippen LogP contribution is -2.20. The molecule has 0 aliphatic carbocycles. The number of para-hydroxylation sites is 1. The van der Waals surface area contributed by atoms with Crippen molar-refractivity contribution in [2.45, 2.75) is 20.3 Å². The van der Waals surface area contributed by atoms with Crippen molar-refractivity contribution < 1.29 is 4.39 Å². The number of aliphatic imine (C=N–C) groups is 1. The molecule has 3 aromatic heterocycles. The van der Waals surface area contributed by atoms with Crippen LogP contribution in [0.2, 0.25) is 0 Å². The number of fused-ring (bicyclic) bond motifs is 1. The molecule has 0 radical (unpaired) electrons. The van der Waals surface area contributed by atoms with E-state index in [2.05, 4.69) is 43.1 Å². The van der Waals surface area contributed by atoms with Crippen LogP contribution in [0, 0.1) is 12.7 Å². The molecule has 0 unspecified atom stereocenters. The lowest BCUT2D eigenvalue weighted by molar-refractivity contribution is 0.425. The number of aromatic amines is 1. The molecule has 5 rings (SSSR count). The van der Waals surface area contributed by atoms with E-state index in [0.29, 0.717) is 18.9 Å². The fourth-order valence-electron chi connectivity index (χ4n) is 4.54. The van der Waals surface area contributed by atoms with E-state index in [4.69, 9.17) is 9.98 Å². The second-order valence-corrected chi connectivity index (χ2v) is 9.96. The molecule has 2 N–H and O–H groups in total. The van der Waals surface area contributed by atoms with Crippen molar-refractivity contribution in [3.05, 3.63) is 90.3 Å². The lowest BCUT2D eigenvalue weighted by atomic mass is 10.0. The fourth-order valence-corrected chi connectivity index (χ4v) is 4.54. The SMILES string of the molecule is CCCN=C(c1nc2c(-c3cc(F)cc(NCCN(C)C)c3)cccc2[nH]1)c1cc(-c2cncnc2)cnc1C. The van der Waals surface area contributed by atoms with Crippen LogP contribution < -0.4 is 5.32 Å². The third-order valence-electron chi connectivity index (χ3n) is 6.56. The van der Waals surface area contributed by atoms with Gasteiger partial charge in [-0.15, -0.1) is 0 Å². The average molecular weight is 537 g/mol. The molecule has 2 aromatic carbocycles. The summed E-state index contributed by atoms with van der Waals surface area (Å²) in [5, 5.41) is 3.32. The third kappa shape index (κ3) is 6.05. The number of hydrogen-bond acceptors (Lipinski definition) is 7. The summed E-state index contributed by atoms with van der Waals surface area (Å²) in [6.45, 7) is 6.26. The van der Waals surface area contributed by atoms with E-state index in [1.165, 1.54) is 12.4 Å². The summed E-state index contributed by atoms with van der Waals surface area (Å²) in [4.78, 5) is 28.4. The molecule has 0 bridgehead atoms. The van der Waals surface area contributed by atoms with Gasteiger partial charge in [-0.1, -0.05) is 19.1 Å². The number of H-pyrrole nitrogens is 1. The van der Waals surface area contributed by atoms with E-state index in [0.717, 1.165) is 68.9 Å². The Labute approximate surface area is 233 Å². The maximum atomic E-state index is 14.7. The predicted molar refractivity (Wildman–Crippen MR) is 159 cm³/mol. The van der Waals surface area contributed by atoms with Gasteiger partial charge < -0.3 is 15.2 Å². The number of anilines is 1. The van der Waals surface area contributed by atoms with Gasteiger partial charge in [0.1, 0.15) is 17.9 Å². The van der Waals surface area contributed by atoms with E-state index in [-0.39, 0.29) is 5.82 Å². The first-order chi connectivity index (χ1) is 19.4. The number of aromatic nitrogens is 5. The first-order valence-corrected chi connectivity index (χ1v) is 13.4. The molecular formula is C31H33FN8. The van der Waals surface area contributed by atoms with Crippen molar-refractivity contribution in [1.82, 2.24) is 29.8 Å². The van der Waals surface area contributed by atoms with Crippen LogP contribution in [-0.2, 0) is 0 Å². The minimum Gasteiger partial charge on any atom is -0.384 e. The van der Waals surface area contributed by atoms with Gasteiger partial charge in [-0.05, 0) is 63.3 Å². The Morgan fingerprint density at radius 3 is 2.62 bits per heavy atom. The van der Waals surface area contributed by atoms with E-state index < -0.39 is 0 Å². The molecule has 40 heavy (non-hydrogen) atoms. The number of nitrogens with one attached hydrogen (secondary N) is 2.